The highest BCUT2D eigenvalue weighted by molar-refractivity contribution is 7.86. The second-order valence-corrected chi connectivity index (χ2v) is 5.38. The van der Waals surface area contributed by atoms with E-state index in [2.05, 4.69) is 13.8 Å². The fourth-order valence-electron chi connectivity index (χ4n) is 1.17. The van der Waals surface area contributed by atoms with Gasteiger partial charge in [-0.3, -0.25) is 4.55 Å². The predicted octanol–water partition coefficient (Wildman–Crippen LogP) is 3.09. The Bertz CT molecular complexity index is 291. The minimum atomic E-state index is -5.84. The zero-order valence-electron chi connectivity index (χ0n) is 10.7. The van der Waals surface area contributed by atoms with Crippen LogP contribution >= 0.6 is 0 Å². The van der Waals surface area contributed by atoms with Crippen molar-refractivity contribution in [1.29, 1.82) is 0 Å². The molecule has 3 N–H and O–H groups in total. The molecule has 0 heterocycles. The van der Waals surface area contributed by atoms with Gasteiger partial charge in [-0.15, -0.1) is 0 Å². The van der Waals surface area contributed by atoms with Crippen molar-refractivity contribution in [2.45, 2.75) is 63.9 Å². The van der Waals surface area contributed by atoms with Crippen LogP contribution < -0.4 is 5.73 Å². The van der Waals surface area contributed by atoms with Crippen molar-refractivity contribution in [2.75, 3.05) is 0 Å². The number of halogens is 3. The summed E-state index contributed by atoms with van der Waals surface area (Å²) in [5.74, 6) is 0. The minimum absolute atomic E-state index is 0.469. The van der Waals surface area contributed by atoms with Crippen LogP contribution in [0.4, 0.5) is 13.2 Å². The first-order valence-electron chi connectivity index (χ1n) is 5.85. The molecule has 0 aromatic heterocycles. The molecule has 0 spiro atoms. The van der Waals surface area contributed by atoms with Gasteiger partial charge in [-0.05, 0) is 12.8 Å². The van der Waals surface area contributed by atoms with E-state index in [9.17, 15) is 13.2 Å². The molecule has 4 nitrogen and oxygen atoms in total. The third-order valence-electron chi connectivity index (χ3n) is 2.13. The van der Waals surface area contributed by atoms with Crippen molar-refractivity contribution in [3.63, 3.8) is 0 Å². The number of alkyl halides is 3. The van der Waals surface area contributed by atoms with Gasteiger partial charge in [0.25, 0.3) is 0 Å². The molecule has 0 rings (SSSR count). The van der Waals surface area contributed by atoms with Crippen LogP contribution in [0.15, 0.2) is 0 Å². The SMILES string of the molecule is CCCCCC(N)CCC.O=S(=O)(O)C(F)(F)F. The summed E-state index contributed by atoms with van der Waals surface area (Å²) in [5.41, 5.74) is 0.290. The quantitative estimate of drug-likeness (QED) is 0.448. The number of hydrogen-bond donors (Lipinski definition) is 2. The van der Waals surface area contributed by atoms with E-state index in [4.69, 9.17) is 18.7 Å². The van der Waals surface area contributed by atoms with Gasteiger partial charge in [-0.1, -0.05) is 39.5 Å². The smallest absolute Gasteiger partial charge is 0.328 e. The molecule has 8 heteroatoms. The van der Waals surface area contributed by atoms with E-state index < -0.39 is 15.6 Å². The molecule has 0 saturated carbocycles. The van der Waals surface area contributed by atoms with E-state index in [0.717, 1.165) is 0 Å². The molecule has 0 aliphatic carbocycles. The van der Waals surface area contributed by atoms with Crippen molar-refractivity contribution >= 4 is 10.1 Å². The van der Waals surface area contributed by atoms with E-state index >= 15 is 0 Å². The van der Waals surface area contributed by atoms with Crippen molar-refractivity contribution in [2.24, 2.45) is 5.73 Å². The molecule has 1 atom stereocenters. The summed E-state index contributed by atoms with van der Waals surface area (Å²) in [6.07, 6.45) is 7.62. The Morgan fingerprint density at radius 2 is 1.56 bits per heavy atom. The van der Waals surface area contributed by atoms with Crippen LogP contribution in [0.1, 0.15) is 52.4 Å². The van der Waals surface area contributed by atoms with Gasteiger partial charge in [-0.2, -0.15) is 21.6 Å². The van der Waals surface area contributed by atoms with Gasteiger partial charge in [0.1, 0.15) is 0 Å². The first-order chi connectivity index (χ1) is 8.06. The lowest BCUT2D eigenvalue weighted by molar-refractivity contribution is -0.0510. The van der Waals surface area contributed by atoms with Gasteiger partial charge < -0.3 is 5.73 Å². The molecule has 0 amide bonds. The van der Waals surface area contributed by atoms with Gasteiger partial charge in [0.05, 0.1) is 0 Å². The van der Waals surface area contributed by atoms with E-state index in [-0.39, 0.29) is 0 Å². The van der Waals surface area contributed by atoms with Crippen molar-refractivity contribution in [3.8, 4) is 0 Å². The fourth-order valence-corrected chi connectivity index (χ4v) is 1.17. The van der Waals surface area contributed by atoms with Crippen LogP contribution in [0.5, 0.6) is 0 Å². The van der Waals surface area contributed by atoms with E-state index in [1.54, 1.807) is 0 Å². The Kier molecular flexibility index (Phi) is 10.6. The van der Waals surface area contributed by atoms with Gasteiger partial charge in [0.2, 0.25) is 0 Å². The molecule has 0 bridgehead atoms. The van der Waals surface area contributed by atoms with Crippen molar-refractivity contribution in [1.82, 2.24) is 0 Å². The summed E-state index contributed by atoms with van der Waals surface area (Å²) in [4.78, 5) is 0. The Hall–Kier alpha value is -0.340. The zero-order valence-corrected chi connectivity index (χ0v) is 11.5. The predicted molar refractivity (Wildman–Crippen MR) is 64.6 cm³/mol. The maximum absolute atomic E-state index is 10.7. The van der Waals surface area contributed by atoms with Crippen LogP contribution in [0.3, 0.4) is 0 Å². The van der Waals surface area contributed by atoms with E-state index in [1.807, 2.05) is 0 Å². The Balaban J connectivity index is 0. The molecule has 0 radical (unpaired) electrons. The van der Waals surface area contributed by atoms with E-state index in [0.29, 0.717) is 6.04 Å². The summed E-state index contributed by atoms with van der Waals surface area (Å²) in [6.45, 7) is 4.42. The molecular weight excluding hydrogens is 271 g/mol. The largest absolute Gasteiger partial charge is 0.522 e. The number of hydrogen-bond acceptors (Lipinski definition) is 3. The Morgan fingerprint density at radius 3 is 1.83 bits per heavy atom. The highest BCUT2D eigenvalue weighted by Crippen LogP contribution is 2.20. The minimum Gasteiger partial charge on any atom is -0.328 e. The molecule has 1 unspecified atom stereocenters. The summed E-state index contributed by atoms with van der Waals surface area (Å²) >= 11 is 0. The monoisotopic (exact) mass is 293 g/mol. The molecule has 0 aliphatic heterocycles. The lowest BCUT2D eigenvalue weighted by Crippen LogP contribution is -2.21. The molecule has 0 aromatic carbocycles. The summed E-state index contributed by atoms with van der Waals surface area (Å²) in [6, 6.07) is 0.469. The molecule has 0 aliphatic rings. The topological polar surface area (TPSA) is 80.4 Å². The number of nitrogens with two attached hydrogens (primary N) is 1. The standard InChI is InChI=1S/C9H21N.CHF3O3S/c1-3-5-6-8-9(10)7-4-2;2-1(3,4)8(5,6)7/h9H,3-8,10H2,1-2H3;(H,5,6,7). The van der Waals surface area contributed by atoms with E-state index in [1.165, 1.54) is 38.5 Å². The van der Waals surface area contributed by atoms with Crippen LogP contribution in [0, 0.1) is 0 Å². The summed E-state index contributed by atoms with van der Waals surface area (Å²) < 4.78 is 57.5. The molecule has 0 saturated heterocycles. The van der Waals surface area contributed by atoms with Gasteiger partial charge in [0.15, 0.2) is 0 Å². The van der Waals surface area contributed by atoms with Crippen LogP contribution in [0.2, 0.25) is 0 Å². The van der Waals surface area contributed by atoms with Crippen LogP contribution in [-0.2, 0) is 10.1 Å². The number of unbranched alkanes of at least 4 members (excludes halogenated alkanes) is 2. The molecule has 0 aromatic rings. The van der Waals surface area contributed by atoms with Crippen molar-refractivity contribution < 1.29 is 26.1 Å². The highest BCUT2D eigenvalue weighted by atomic mass is 32.2. The number of rotatable bonds is 6. The first kappa shape index (κ1) is 20.0. The molecule has 0 fully saturated rings. The molecule has 18 heavy (non-hydrogen) atoms. The van der Waals surface area contributed by atoms with Gasteiger partial charge >= 0.3 is 15.6 Å². The maximum atomic E-state index is 10.7. The normalized spacial score (nSPS) is 13.7. The lowest BCUT2D eigenvalue weighted by Gasteiger charge is -2.08. The van der Waals surface area contributed by atoms with Crippen LogP contribution in [-0.4, -0.2) is 24.5 Å². The molecule has 112 valence electrons. The Labute approximate surface area is 106 Å². The lowest BCUT2D eigenvalue weighted by atomic mass is 10.1. The molecular formula is C10H22F3NO3S. The average Bonchev–Trinajstić information content (AvgIpc) is 2.16. The third-order valence-corrected chi connectivity index (χ3v) is 2.72. The van der Waals surface area contributed by atoms with Gasteiger partial charge in [-0.25, -0.2) is 0 Å². The Morgan fingerprint density at radius 1 is 1.11 bits per heavy atom. The summed E-state index contributed by atoms with van der Waals surface area (Å²) in [7, 11) is -5.84. The second kappa shape index (κ2) is 9.57. The zero-order chi connectivity index (χ0) is 14.8. The average molecular weight is 293 g/mol. The third kappa shape index (κ3) is 12.1. The van der Waals surface area contributed by atoms with Gasteiger partial charge in [0, 0.05) is 6.04 Å². The van der Waals surface area contributed by atoms with Crippen molar-refractivity contribution in [3.05, 3.63) is 0 Å². The second-order valence-electron chi connectivity index (χ2n) is 3.97. The first-order valence-corrected chi connectivity index (χ1v) is 7.29. The maximum Gasteiger partial charge on any atom is 0.522 e. The summed E-state index contributed by atoms with van der Waals surface area (Å²) in [5, 5.41) is 0. The fraction of sp³-hybridized carbons (Fsp3) is 1.00. The van der Waals surface area contributed by atoms with Crippen LogP contribution in [0.25, 0.3) is 0 Å². The highest BCUT2D eigenvalue weighted by Gasteiger charge is 2.44.